The average molecular weight is 234 g/mol. The number of nitrogens with two attached hydrogens (primary N) is 1. The second kappa shape index (κ2) is 5.30. The summed E-state index contributed by atoms with van der Waals surface area (Å²) >= 11 is 0. The number of anilines is 2. The molecule has 3 heteroatoms. The Bertz CT molecular complexity index is 374. The second-order valence-corrected chi connectivity index (χ2v) is 4.93. The fourth-order valence-electron chi connectivity index (χ4n) is 1.92. The molecule has 3 nitrogen and oxygen atoms in total. The van der Waals surface area contributed by atoms with E-state index >= 15 is 0 Å². The lowest BCUT2D eigenvalue weighted by atomic mass is 10.2. The van der Waals surface area contributed by atoms with Crippen LogP contribution in [0.5, 0.6) is 5.75 Å². The Morgan fingerprint density at radius 1 is 1.35 bits per heavy atom. The highest BCUT2D eigenvalue weighted by molar-refractivity contribution is 5.60. The number of nitrogen functional groups attached to an aromatic ring is 1. The Morgan fingerprint density at radius 2 is 2.12 bits per heavy atom. The van der Waals surface area contributed by atoms with Crippen LogP contribution in [-0.4, -0.2) is 20.2 Å². The lowest BCUT2D eigenvalue weighted by molar-refractivity contribution is 0.317. The molecule has 0 atom stereocenters. The minimum atomic E-state index is 0.745. The highest BCUT2D eigenvalue weighted by atomic mass is 16.5. The molecule has 1 aliphatic rings. The zero-order chi connectivity index (χ0) is 12.3. The Morgan fingerprint density at radius 3 is 2.76 bits per heavy atom. The molecule has 1 aromatic rings. The Labute approximate surface area is 104 Å². The van der Waals surface area contributed by atoms with E-state index in [9.17, 15) is 0 Å². The predicted octanol–water partition coefficient (Wildman–Crippen LogP) is 2.90. The third-order valence-corrected chi connectivity index (χ3v) is 3.06. The molecular weight excluding hydrogens is 212 g/mol. The highest BCUT2D eigenvalue weighted by Gasteiger charge is 2.23. The molecule has 0 saturated heterocycles. The predicted molar refractivity (Wildman–Crippen MR) is 72.6 cm³/mol. The van der Waals surface area contributed by atoms with E-state index in [1.807, 2.05) is 12.1 Å². The maximum Gasteiger partial charge on any atom is 0.123 e. The van der Waals surface area contributed by atoms with Crippen LogP contribution in [0.4, 0.5) is 11.4 Å². The van der Waals surface area contributed by atoms with Gasteiger partial charge in [0.15, 0.2) is 0 Å². The molecule has 0 aromatic heterocycles. The Hall–Kier alpha value is -1.38. The van der Waals surface area contributed by atoms with Crippen LogP contribution in [0, 0.1) is 5.92 Å². The van der Waals surface area contributed by atoms with E-state index in [2.05, 4.69) is 24.9 Å². The maximum absolute atomic E-state index is 5.91. The lowest BCUT2D eigenvalue weighted by Crippen LogP contribution is -2.20. The third-order valence-electron chi connectivity index (χ3n) is 3.06. The number of ether oxygens (including phenoxy) is 1. The van der Waals surface area contributed by atoms with Crippen LogP contribution in [0.25, 0.3) is 0 Å². The van der Waals surface area contributed by atoms with E-state index in [-0.39, 0.29) is 0 Å². The summed E-state index contributed by atoms with van der Waals surface area (Å²) in [7, 11) is 2.12. The standard InChI is InChI=1S/C14H22N2O/c1-3-6-17-14-8-12(15)7-13(9-14)16(2)10-11-4-5-11/h7-9,11H,3-6,10,15H2,1-2H3. The van der Waals surface area contributed by atoms with E-state index in [0.29, 0.717) is 0 Å². The molecule has 0 aliphatic heterocycles. The molecule has 1 aliphatic carbocycles. The SMILES string of the molecule is CCCOc1cc(N)cc(N(C)CC2CC2)c1. The van der Waals surface area contributed by atoms with Crippen molar-refractivity contribution in [3.63, 3.8) is 0 Å². The molecular formula is C14H22N2O. The van der Waals surface area contributed by atoms with Crippen molar-refractivity contribution < 1.29 is 4.74 Å². The van der Waals surface area contributed by atoms with Crippen LogP contribution in [-0.2, 0) is 0 Å². The molecule has 0 heterocycles. The molecule has 1 saturated carbocycles. The van der Waals surface area contributed by atoms with Crippen LogP contribution in [0.2, 0.25) is 0 Å². The van der Waals surface area contributed by atoms with Gasteiger partial charge in [0.2, 0.25) is 0 Å². The first-order valence-electron chi connectivity index (χ1n) is 6.43. The fraction of sp³-hybridized carbons (Fsp3) is 0.571. The van der Waals surface area contributed by atoms with Gasteiger partial charge in [0.25, 0.3) is 0 Å². The summed E-state index contributed by atoms with van der Waals surface area (Å²) in [6.45, 7) is 3.97. The van der Waals surface area contributed by atoms with Gasteiger partial charge in [-0.2, -0.15) is 0 Å². The molecule has 0 radical (unpaired) electrons. The molecule has 0 bridgehead atoms. The van der Waals surface area contributed by atoms with Crippen molar-refractivity contribution in [3.8, 4) is 5.75 Å². The zero-order valence-electron chi connectivity index (χ0n) is 10.8. The molecule has 17 heavy (non-hydrogen) atoms. The van der Waals surface area contributed by atoms with Crippen molar-refractivity contribution in [1.29, 1.82) is 0 Å². The van der Waals surface area contributed by atoms with Crippen LogP contribution >= 0.6 is 0 Å². The van der Waals surface area contributed by atoms with Gasteiger partial charge in [-0.3, -0.25) is 0 Å². The summed E-state index contributed by atoms with van der Waals surface area (Å²) in [5.74, 6) is 1.76. The van der Waals surface area contributed by atoms with Crippen LogP contribution in [0.15, 0.2) is 18.2 Å². The smallest absolute Gasteiger partial charge is 0.123 e. The Balaban J connectivity index is 2.06. The van der Waals surface area contributed by atoms with Crippen molar-refractivity contribution in [2.45, 2.75) is 26.2 Å². The van der Waals surface area contributed by atoms with Crippen LogP contribution in [0.3, 0.4) is 0 Å². The summed E-state index contributed by atoms with van der Waals surface area (Å²) < 4.78 is 5.64. The molecule has 0 spiro atoms. The summed E-state index contributed by atoms with van der Waals surface area (Å²) in [4.78, 5) is 2.27. The highest BCUT2D eigenvalue weighted by Crippen LogP contribution is 2.32. The third kappa shape index (κ3) is 3.55. The summed E-state index contributed by atoms with van der Waals surface area (Å²) in [5, 5.41) is 0. The first kappa shape index (κ1) is 12.1. The monoisotopic (exact) mass is 234 g/mol. The molecule has 94 valence electrons. The quantitative estimate of drug-likeness (QED) is 0.769. The zero-order valence-corrected chi connectivity index (χ0v) is 10.8. The summed E-state index contributed by atoms with van der Waals surface area (Å²) in [6, 6.07) is 5.99. The van der Waals surface area contributed by atoms with Gasteiger partial charge in [0, 0.05) is 37.1 Å². The van der Waals surface area contributed by atoms with E-state index < -0.39 is 0 Å². The van der Waals surface area contributed by atoms with Gasteiger partial charge in [-0.25, -0.2) is 0 Å². The van der Waals surface area contributed by atoms with Gasteiger partial charge < -0.3 is 15.4 Å². The second-order valence-electron chi connectivity index (χ2n) is 4.93. The van der Waals surface area contributed by atoms with Gasteiger partial charge in [-0.15, -0.1) is 0 Å². The minimum absolute atomic E-state index is 0.745. The van der Waals surface area contributed by atoms with Crippen molar-refractivity contribution in [1.82, 2.24) is 0 Å². The molecule has 2 rings (SSSR count). The molecule has 0 unspecified atom stereocenters. The Kier molecular flexibility index (Phi) is 3.77. The van der Waals surface area contributed by atoms with Gasteiger partial charge in [0.1, 0.15) is 5.75 Å². The fourth-order valence-corrected chi connectivity index (χ4v) is 1.92. The summed E-state index contributed by atoms with van der Waals surface area (Å²) in [6.07, 6.45) is 3.75. The maximum atomic E-state index is 5.91. The van der Waals surface area contributed by atoms with Gasteiger partial charge in [0.05, 0.1) is 6.61 Å². The number of hydrogen-bond acceptors (Lipinski definition) is 3. The van der Waals surface area contributed by atoms with Crippen LogP contribution in [0.1, 0.15) is 26.2 Å². The van der Waals surface area contributed by atoms with Crippen molar-refractivity contribution in [2.24, 2.45) is 5.92 Å². The van der Waals surface area contributed by atoms with E-state index in [1.54, 1.807) is 0 Å². The summed E-state index contributed by atoms with van der Waals surface area (Å²) in [5.41, 5.74) is 7.84. The largest absolute Gasteiger partial charge is 0.493 e. The van der Waals surface area contributed by atoms with E-state index in [1.165, 1.54) is 12.8 Å². The molecule has 1 aromatic carbocycles. The molecule has 1 fully saturated rings. The van der Waals surface area contributed by atoms with Gasteiger partial charge in [-0.05, 0) is 31.2 Å². The first-order chi connectivity index (χ1) is 8.19. The van der Waals surface area contributed by atoms with Gasteiger partial charge >= 0.3 is 0 Å². The van der Waals surface area contributed by atoms with Crippen molar-refractivity contribution in [3.05, 3.63) is 18.2 Å². The topological polar surface area (TPSA) is 38.5 Å². The number of hydrogen-bond donors (Lipinski definition) is 1. The lowest BCUT2D eigenvalue weighted by Gasteiger charge is -2.20. The van der Waals surface area contributed by atoms with E-state index in [0.717, 1.165) is 42.6 Å². The van der Waals surface area contributed by atoms with E-state index in [4.69, 9.17) is 10.5 Å². The number of benzene rings is 1. The number of nitrogens with zero attached hydrogens (tertiary/aromatic N) is 1. The normalized spacial score (nSPS) is 14.7. The number of rotatable bonds is 6. The minimum Gasteiger partial charge on any atom is -0.493 e. The van der Waals surface area contributed by atoms with Crippen molar-refractivity contribution >= 4 is 11.4 Å². The average Bonchev–Trinajstić information content (AvgIpc) is 3.09. The van der Waals surface area contributed by atoms with Gasteiger partial charge in [-0.1, -0.05) is 6.92 Å². The molecule has 0 amide bonds. The van der Waals surface area contributed by atoms with Crippen molar-refractivity contribution in [2.75, 3.05) is 30.8 Å². The molecule has 2 N–H and O–H groups in total. The first-order valence-corrected chi connectivity index (χ1v) is 6.43. The van der Waals surface area contributed by atoms with Crippen LogP contribution < -0.4 is 15.4 Å².